The molecule has 1 aromatic carbocycles. The molecule has 0 bridgehead atoms. The Labute approximate surface area is 237 Å². The molecule has 0 aliphatic carbocycles. The van der Waals surface area contributed by atoms with Crippen LogP contribution < -0.4 is 15.5 Å². The average molecular weight is 570 g/mol. The van der Waals surface area contributed by atoms with Crippen LogP contribution in [0.2, 0.25) is 0 Å². The summed E-state index contributed by atoms with van der Waals surface area (Å²) in [4.78, 5) is 46.6. The zero-order valence-corrected chi connectivity index (χ0v) is 24.4. The van der Waals surface area contributed by atoms with Crippen LogP contribution in [-0.4, -0.2) is 65.4 Å². The molecule has 0 saturated carbocycles. The van der Waals surface area contributed by atoms with E-state index >= 15 is 0 Å². The van der Waals surface area contributed by atoms with Crippen molar-refractivity contribution in [3.05, 3.63) is 47.9 Å². The summed E-state index contributed by atoms with van der Waals surface area (Å²) in [5.41, 5.74) is 1.18. The minimum atomic E-state index is -0.679. The van der Waals surface area contributed by atoms with Gasteiger partial charge in [0, 0.05) is 31.7 Å². The second kappa shape index (κ2) is 11.6. The minimum absolute atomic E-state index is 0.334. The minimum Gasteiger partial charge on any atom is -0.472 e. The first kappa shape index (κ1) is 28.9. The number of furan rings is 1. The molecule has 11 nitrogen and oxygen atoms in total. The molecule has 1 aliphatic rings. The van der Waals surface area contributed by atoms with Gasteiger partial charge in [-0.3, -0.25) is 10.1 Å². The molecular weight excluding hydrogens is 534 g/mol. The summed E-state index contributed by atoms with van der Waals surface area (Å²) in [5.74, 6) is -0.368. The number of amides is 3. The molecule has 4 rings (SSSR count). The lowest BCUT2D eigenvalue weighted by atomic mass is 10.1. The maximum Gasteiger partial charge on any atom is 0.412 e. The van der Waals surface area contributed by atoms with Crippen molar-refractivity contribution < 1.29 is 28.3 Å². The highest BCUT2D eigenvalue weighted by Gasteiger charge is 2.27. The van der Waals surface area contributed by atoms with Crippen LogP contribution in [0.15, 0.2) is 47.4 Å². The molecule has 3 amide bonds. The van der Waals surface area contributed by atoms with E-state index in [2.05, 4.69) is 15.6 Å². The summed E-state index contributed by atoms with van der Waals surface area (Å²) in [6, 6.07) is 7.08. The monoisotopic (exact) mass is 569 g/mol. The van der Waals surface area contributed by atoms with Crippen molar-refractivity contribution in [2.24, 2.45) is 0 Å². The Hall–Kier alpha value is -4.06. The fraction of sp³-hybridized carbons (Fsp3) is 0.429. The van der Waals surface area contributed by atoms with E-state index in [1.165, 1.54) is 17.5 Å². The molecule has 0 radical (unpaired) electrons. The van der Waals surface area contributed by atoms with Gasteiger partial charge in [-0.05, 0) is 65.3 Å². The first-order valence-electron chi connectivity index (χ1n) is 12.9. The molecule has 2 N–H and O–H groups in total. The summed E-state index contributed by atoms with van der Waals surface area (Å²) in [5, 5.41) is 6.31. The number of ether oxygens (including phenoxy) is 2. The lowest BCUT2D eigenvalue weighted by Crippen LogP contribution is -2.50. The summed E-state index contributed by atoms with van der Waals surface area (Å²) in [7, 11) is 0. The maximum absolute atomic E-state index is 13.3. The SMILES string of the molecule is CC(C)(C)OC(=O)Nc1ccc(-c2ccoc2)cc1NC(=O)c1cnc(N2CCN(C(=O)OC(C)(C)C)CC2)s1. The van der Waals surface area contributed by atoms with E-state index in [9.17, 15) is 14.4 Å². The van der Waals surface area contributed by atoms with E-state index in [0.717, 1.165) is 11.1 Å². The lowest BCUT2D eigenvalue weighted by molar-refractivity contribution is 0.0240. The van der Waals surface area contributed by atoms with Crippen LogP contribution in [-0.2, 0) is 9.47 Å². The largest absolute Gasteiger partial charge is 0.472 e. The molecule has 3 aromatic rings. The zero-order valence-electron chi connectivity index (χ0n) is 23.6. The second-order valence-electron chi connectivity index (χ2n) is 11.3. The zero-order chi connectivity index (χ0) is 29.1. The summed E-state index contributed by atoms with van der Waals surface area (Å²) < 4.78 is 16.0. The van der Waals surface area contributed by atoms with Crippen LogP contribution in [0, 0.1) is 0 Å². The third-order valence-corrected chi connectivity index (χ3v) is 6.73. The molecule has 0 spiro atoms. The van der Waals surface area contributed by atoms with Gasteiger partial charge in [-0.15, -0.1) is 0 Å². The van der Waals surface area contributed by atoms with Crippen molar-refractivity contribution >= 4 is 45.9 Å². The predicted molar refractivity (Wildman–Crippen MR) is 154 cm³/mol. The fourth-order valence-corrected chi connectivity index (χ4v) is 4.75. The maximum atomic E-state index is 13.3. The molecular formula is C28H35N5O6S. The Kier molecular flexibility index (Phi) is 8.38. The van der Waals surface area contributed by atoms with Gasteiger partial charge in [0.25, 0.3) is 5.91 Å². The smallest absolute Gasteiger partial charge is 0.412 e. The normalized spacial score (nSPS) is 14.1. The van der Waals surface area contributed by atoms with E-state index in [1.54, 1.807) is 56.4 Å². The number of anilines is 3. The predicted octanol–water partition coefficient (Wildman–Crippen LogP) is 6.06. The van der Waals surface area contributed by atoms with Crippen LogP contribution in [0.1, 0.15) is 51.2 Å². The highest BCUT2D eigenvalue weighted by atomic mass is 32.1. The first-order valence-corrected chi connectivity index (χ1v) is 13.8. The topological polar surface area (TPSA) is 126 Å². The fourth-order valence-electron chi connectivity index (χ4n) is 3.89. The van der Waals surface area contributed by atoms with Crippen LogP contribution in [0.5, 0.6) is 0 Å². The van der Waals surface area contributed by atoms with Crippen molar-refractivity contribution in [1.82, 2.24) is 9.88 Å². The summed E-state index contributed by atoms with van der Waals surface area (Å²) in [6.45, 7) is 13.0. The van der Waals surface area contributed by atoms with Crippen molar-refractivity contribution in [3.63, 3.8) is 0 Å². The van der Waals surface area contributed by atoms with Gasteiger partial charge in [0.1, 0.15) is 16.1 Å². The van der Waals surface area contributed by atoms with Gasteiger partial charge >= 0.3 is 12.2 Å². The number of piperazine rings is 1. The van der Waals surface area contributed by atoms with Crippen LogP contribution in [0.3, 0.4) is 0 Å². The van der Waals surface area contributed by atoms with Gasteiger partial charge < -0.3 is 29.0 Å². The first-order chi connectivity index (χ1) is 18.8. The van der Waals surface area contributed by atoms with Gasteiger partial charge in [0.2, 0.25) is 0 Å². The quantitative estimate of drug-likeness (QED) is 0.380. The molecule has 1 saturated heterocycles. The third-order valence-electron chi connectivity index (χ3n) is 5.68. The van der Waals surface area contributed by atoms with E-state index in [4.69, 9.17) is 13.9 Å². The van der Waals surface area contributed by atoms with E-state index in [0.29, 0.717) is 47.6 Å². The number of hydrogen-bond acceptors (Lipinski definition) is 9. The Morgan fingerprint density at radius 1 is 0.900 bits per heavy atom. The molecule has 0 unspecified atom stereocenters. The molecule has 12 heteroatoms. The molecule has 40 heavy (non-hydrogen) atoms. The number of rotatable bonds is 5. The average Bonchev–Trinajstić information content (AvgIpc) is 3.56. The van der Waals surface area contributed by atoms with Crippen molar-refractivity contribution in [2.75, 3.05) is 41.7 Å². The molecule has 0 atom stereocenters. The van der Waals surface area contributed by atoms with Crippen molar-refractivity contribution in [1.29, 1.82) is 0 Å². The van der Waals surface area contributed by atoms with Gasteiger partial charge in [0.05, 0.1) is 30.1 Å². The van der Waals surface area contributed by atoms with Crippen molar-refractivity contribution in [2.45, 2.75) is 52.7 Å². The second-order valence-corrected chi connectivity index (χ2v) is 12.3. The highest BCUT2D eigenvalue weighted by molar-refractivity contribution is 7.17. The summed E-state index contributed by atoms with van der Waals surface area (Å²) in [6.07, 6.45) is 3.72. The number of nitrogens with one attached hydrogen (secondary N) is 2. The van der Waals surface area contributed by atoms with E-state index in [-0.39, 0.29) is 12.0 Å². The number of thiazole rings is 1. The molecule has 1 aliphatic heterocycles. The Balaban J connectivity index is 1.45. The third kappa shape index (κ3) is 7.75. The lowest BCUT2D eigenvalue weighted by Gasteiger charge is -2.35. The van der Waals surface area contributed by atoms with E-state index < -0.39 is 17.3 Å². The van der Waals surface area contributed by atoms with Crippen molar-refractivity contribution in [3.8, 4) is 11.1 Å². The molecule has 214 valence electrons. The Morgan fingerprint density at radius 2 is 1.60 bits per heavy atom. The van der Waals surface area contributed by atoms with Crippen LogP contribution in [0.4, 0.5) is 26.1 Å². The highest BCUT2D eigenvalue weighted by Crippen LogP contribution is 2.31. The van der Waals surface area contributed by atoms with Gasteiger partial charge in [0.15, 0.2) is 5.13 Å². The number of hydrogen-bond donors (Lipinski definition) is 2. The number of benzene rings is 1. The van der Waals surface area contributed by atoms with Gasteiger partial charge in [-0.2, -0.15) is 0 Å². The Bertz CT molecular complexity index is 1350. The number of aromatic nitrogens is 1. The summed E-state index contributed by atoms with van der Waals surface area (Å²) >= 11 is 1.26. The van der Waals surface area contributed by atoms with Gasteiger partial charge in [-0.25, -0.2) is 14.6 Å². The molecule has 1 fully saturated rings. The van der Waals surface area contributed by atoms with Gasteiger partial charge in [-0.1, -0.05) is 17.4 Å². The van der Waals surface area contributed by atoms with E-state index in [1.807, 2.05) is 31.7 Å². The standard InChI is InChI=1S/C28H35N5O6S/c1-27(2,3)38-25(35)31-20-8-7-18(19-9-14-37-17-19)15-21(20)30-23(34)22-16-29-24(40-22)32-10-12-33(13-11-32)26(36)39-28(4,5)6/h7-9,14-17H,10-13H2,1-6H3,(H,30,34)(H,31,35). The number of carbonyl (C=O) groups excluding carboxylic acids is 3. The number of nitrogens with zero attached hydrogens (tertiary/aromatic N) is 3. The molecule has 3 heterocycles. The van der Waals surface area contributed by atoms with Crippen LogP contribution in [0.25, 0.3) is 11.1 Å². The van der Waals surface area contributed by atoms with Crippen LogP contribution >= 0.6 is 11.3 Å². The molecule has 2 aromatic heterocycles. The Morgan fingerprint density at radius 3 is 2.23 bits per heavy atom. The number of carbonyl (C=O) groups is 3.